The summed E-state index contributed by atoms with van der Waals surface area (Å²) in [7, 11) is -0.865. The fraction of sp³-hybridized carbons (Fsp3) is 0.647. The van der Waals surface area contributed by atoms with Gasteiger partial charge in [-0.2, -0.15) is 0 Å². The van der Waals surface area contributed by atoms with Crippen LogP contribution in [0.5, 0.6) is 0 Å². The predicted octanol–water partition coefficient (Wildman–Crippen LogP) is 3.92. The molecule has 3 atom stereocenters. The van der Waals surface area contributed by atoms with E-state index in [4.69, 9.17) is 0 Å². The van der Waals surface area contributed by atoms with Crippen molar-refractivity contribution in [3.63, 3.8) is 0 Å². The van der Waals surface area contributed by atoms with Crippen molar-refractivity contribution in [1.29, 1.82) is 0 Å². The van der Waals surface area contributed by atoms with Crippen LogP contribution in [0.3, 0.4) is 0 Å². The predicted molar refractivity (Wildman–Crippen MR) is 86.7 cm³/mol. The zero-order chi connectivity index (χ0) is 14.9. The minimum Gasteiger partial charge on any atom is -0.309 e. The topological polar surface area (TPSA) is 29.1 Å². The third-order valence-electron chi connectivity index (χ3n) is 4.07. The molecule has 0 bridgehead atoms. The zero-order valence-electron chi connectivity index (χ0n) is 13.3. The van der Waals surface area contributed by atoms with Crippen LogP contribution in [0.2, 0.25) is 0 Å². The zero-order valence-corrected chi connectivity index (χ0v) is 14.1. The van der Waals surface area contributed by atoms with Gasteiger partial charge in [0, 0.05) is 10.9 Å². The molecule has 0 fully saturated rings. The molecule has 1 aromatic carbocycles. The van der Waals surface area contributed by atoms with E-state index in [2.05, 4.69) is 58.1 Å². The quantitative estimate of drug-likeness (QED) is 0.911. The summed E-state index contributed by atoms with van der Waals surface area (Å²) in [6.45, 7) is 11.9. The summed E-state index contributed by atoms with van der Waals surface area (Å²) in [5.41, 5.74) is 2.72. The van der Waals surface area contributed by atoms with E-state index in [0.29, 0.717) is 0 Å². The Morgan fingerprint density at radius 1 is 1.25 bits per heavy atom. The molecule has 0 saturated heterocycles. The molecule has 3 unspecified atom stereocenters. The van der Waals surface area contributed by atoms with Gasteiger partial charge in [-0.1, -0.05) is 53.2 Å². The lowest BCUT2D eigenvalue weighted by molar-refractivity contribution is 0.504. The highest BCUT2D eigenvalue weighted by atomic mass is 32.2. The molecule has 0 amide bonds. The van der Waals surface area contributed by atoms with Crippen LogP contribution >= 0.6 is 0 Å². The van der Waals surface area contributed by atoms with E-state index in [1.54, 1.807) is 0 Å². The highest BCUT2D eigenvalue weighted by molar-refractivity contribution is 7.86. The summed E-state index contributed by atoms with van der Waals surface area (Å²) >= 11 is 0. The third-order valence-corrected chi connectivity index (χ3v) is 5.93. The third kappa shape index (κ3) is 2.84. The van der Waals surface area contributed by atoms with Gasteiger partial charge in [-0.25, -0.2) is 0 Å². The molecule has 0 aromatic heterocycles. The van der Waals surface area contributed by atoms with Gasteiger partial charge in [0.1, 0.15) is 0 Å². The molecule has 0 spiro atoms. The summed E-state index contributed by atoms with van der Waals surface area (Å²) in [5.74, 6) is 0. The van der Waals surface area contributed by atoms with Crippen molar-refractivity contribution in [2.75, 3.05) is 6.54 Å². The molecule has 3 heteroatoms. The Bertz CT molecular complexity index is 504. The summed E-state index contributed by atoms with van der Waals surface area (Å²) in [4.78, 5) is 1.04. The molecular weight excluding hydrogens is 266 g/mol. The van der Waals surface area contributed by atoms with Crippen molar-refractivity contribution >= 4 is 10.8 Å². The second-order valence-corrected chi connectivity index (χ2v) is 8.30. The molecule has 1 aliphatic rings. The molecule has 1 aromatic rings. The van der Waals surface area contributed by atoms with Crippen LogP contribution in [0, 0.1) is 0 Å². The van der Waals surface area contributed by atoms with E-state index in [0.717, 1.165) is 24.3 Å². The average molecular weight is 293 g/mol. The first kappa shape index (κ1) is 15.7. The van der Waals surface area contributed by atoms with Gasteiger partial charge in [0.25, 0.3) is 0 Å². The standard InChI is InChI=1S/C17H27NOS/c1-6-8-15-16(18-7-2)13-11-12(17(3,4)5)9-10-14(13)20(15)19/h9-11,15-16,18H,6-8H2,1-5H3. The van der Waals surface area contributed by atoms with Gasteiger partial charge in [-0.15, -0.1) is 0 Å². The summed E-state index contributed by atoms with van der Waals surface area (Å²) < 4.78 is 12.7. The van der Waals surface area contributed by atoms with Crippen molar-refractivity contribution < 1.29 is 4.21 Å². The van der Waals surface area contributed by atoms with Gasteiger partial charge in [0.05, 0.1) is 16.0 Å². The van der Waals surface area contributed by atoms with E-state index in [1.165, 1.54) is 11.1 Å². The Kier molecular flexibility index (Phi) is 4.70. The molecule has 0 aliphatic carbocycles. The van der Waals surface area contributed by atoms with Crippen LogP contribution in [-0.4, -0.2) is 16.0 Å². The molecule has 0 radical (unpaired) electrons. The first-order valence-electron chi connectivity index (χ1n) is 7.68. The van der Waals surface area contributed by atoms with Crippen LogP contribution in [0.4, 0.5) is 0 Å². The second-order valence-electron chi connectivity index (χ2n) is 6.66. The first-order valence-corrected chi connectivity index (χ1v) is 8.89. The maximum Gasteiger partial charge on any atom is 0.0590 e. The molecule has 20 heavy (non-hydrogen) atoms. The fourth-order valence-corrected chi connectivity index (χ4v) is 4.83. The van der Waals surface area contributed by atoms with E-state index in [1.807, 2.05) is 0 Å². The van der Waals surface area contributed by atoms with Crippen LogP contribution in [-0.2, 0) is 16.2 Å². The van der Waals surface area contributed by atoms with E-state index in [-0.39, 0.29) is 16.7 Å². The van der Waals surface area contributed by atoms with Gasteiger partial charge < -0.3 is 5.32 Å². The highest BCUT2D eigenvalue weighted by Gasteiger charge is 2.38. The van der Waals surface area contributed by atoms with E-state index in [9.17, 15) is 4.21 Å². The molecule has 112 valence electrons. The number of rotatable bonds is 4. The smallest absolute Gasteiger partial charge is 0.0590 e. The average Bonchev–Trinajstić information content (AvgIpc) is 2.64. The van der Waals surface area contributed by atoms with Gasteiger partial charge in [0.2, 0.25) is 0 Å². The summed E-state index contributed by atoms with van der Waals surface area (Å²) in [6, 6.07) is 6.76. The van der Waals surface area contributed by atoms with Gasteiger partial charge >= 0.3 is 0 Å². The fourth-order valence-electron chi connectivity index (χ4n) is 2.95. The largest absolute Gasteiger partial charge is 0.309 e. The summed E-state index contributed by atoms with van der Waals surface area (Å²) in [6.07, 6.45) is 2.10. The van der Waals surface area contributed by atoms with Crippen molar-refractivity contribution in [3.8, 4) is 0 Å². The molecule has 1 aliphatic heterocycles. The normalized spacial score (nSPS) is 25.8. The Morgan fingerprint density at radius 2 is 1.95 bits per heavy atom. The maximum absolute atomic E-state index is 12.7. The van der Waals surface area contributed by atoms with Crippen LogP contribution in [0.15, 0.2) is 23.1 Å². The Morgan fingerprint density at radius 3 is 2.50 bits per heavy atom. The highest BCUT2D eigenvalue weighted by Crippen LogP contribution is 2.40. The molecule has 1 N–H and O–H groups in total. The number of nitrogens with one attached hydrogen (secondary N) is 1. The SMILES string of the molecule is CCCC1C(NCC)c2cc(C(C)(C)C)ccc2S1=O. The Labute approximate surface area is 125 Å². The number of hydrogen-bond donors (Lipinski definition) is 1. The molecular formula is C17H27NOS. The van der Waals surface area contributed by atoms with Crippen molar-refractivity contribution in [1.82, 2.24) is 5.32 Å². The first-order chi connectivity index (χ1) is 9.40. The van der Waals surface area contributed by atoms with Crippen molar-refractivity contribution in [3.05, 3.63) is 29.3 Å². The molecule has 2 rings (SSSR count). The Hall–Kier alpha value is -0.670. The lowest BCUT2D eigenvalue weighted by Gasteiger charge is -2.22. The van der Waals surface area contributed by atoms with Gasteiger partial charge in [0.15, 0.2) is 0 Å². The lowest BCUT2D eigenvalue weighted by Crippen LogP contribution is -2.29. The van der Waals surface area contributed by atoms with Gasteiger partial charge in [-0.3, -0.25) is 4.21 Å². The van der Waals surface area contributed by atoms with Crippen molar-refractivity contribution in [2.45, 2.75) is 69.1 Å². The second kappa shape index (κ2) is 5.98. The van der Waals surface area contributed by atoms with E-state index >= 15 is 0 Å². The molecule has 0 saturated carbocycles. The summed E-state index contributed by atoms with van der Waals surface area (Å²) in [5, 5.41) is 3.78. The van der Waals surface area contributed by atoms with Gasteiger partial charge in [-0.05, 0) is 35.6 Å². The van der Waals surface area contributed by atoms with E-state index < -0.39 is 10.8 Å². The number of fused-ring (bicyclic) bond motifs is 1. The van der Waals surface area contributed by atoms with Crippen LogP contribution in [0.1, 0.15) is 64.6 Å². The van der Waals surface area contributed by atoms with Crippen LogP contribution in [0.25, 0.3) is 0 Å². The number of hydrogen-bond acceptors (Lipinski definition) is 2. The molecule has 1 heterocycles. The minimum absolute atomic E-state index is 0.135. The van der Waals surface area contributed by atoms with Crippen molar-refractivity contribution in [2.24, 2.45) is 0 Å². The monoisotopic (exact) mass is 293 g/mol. The number of benzene rings is 1. The minimum atomic E-state index is -0.865. The van der Waals surface area contributed by atoms with Crippen LogP contribution < -0.4 is 5.32 Å². The Balaban J connectivity index is 2.45. The molecule has 2 nitrogen and oxygen atoms in total. The lowest BCUT2D eigenvalue weighted by atomic mass is 9.85. The maximum atomic E-state index is 12.7.